The SMILES string of the molecule is Cc1c[n+]2c(c3ccccc13)-c1ccc(C(C)C)cc1C2.Cc1cc2c(cc1C)-c1ccc3ccccc3[n+]1C2.Cc1ccc2c(c1)-c1ccc3c(C)cccc3[n+]1C2.Cc1ccc2c(c1)-c1ccc3c(F)cccc3[n+]1C2.Cc1ccc2c3[n+](ccc2c1)Cc1ccccc1-3. The summed E-state index contributed by atoms with van der Waals surface area (Å²) in [6, 6.07) is 84.7. The first-order chi connectivity index (χ1) is 46.7. The second kappa shape index (κ2) is 24.2. The Morgan fingerprint density at radius 1 is 0.312 bits per heavy atom. The standard InChI is InChI=1S/C20H20N.2C18H16N.C17H13FN.C17H14N/c1-13(2)15-8-9-18-16(10-15)12-21-11-14(3)17-6-4-5-7-19(17)20(18)21;1-12-6-7-14-11-19-17-5-3-4-13(2)15(17)8-9-18(19)16(14)10-12;1-12-9-15-11-19-17-6-4-3-5-14(17)7-8-18(19)16(15)10-13(12)2;1-11-5-6-12-10-19-16-4-2-3-15(18)13(16)7-8-17(19)14(12)9-11;1-12-6-7-16-13(10-12)8-9-18-11-14-4-2-3-5-15(14)17(16)18/h4-11,13H,12H2,1-3H3;2*3-10H,11H2,1-2H3;2-9H,10H2,1H3;2-10H,11H2,1H3/q5*+1. The van der Waals surface area contributed by atoms with Crippen molar-refractivity contribution in [2.75, 3.05) is 0 Å². The van der Waals surface area contributed by atoms with Crippen LogP contribution in [-0.4, -0.2) is 0 Å². The molecule has 10 heterocycles. The summed E-state index contributed by atoms with van der Waals surface area (Å²) < 4.78 is 25.7. The van der Waals surface area contributed by atoms with Gasteiger partial charge in [0.25, 0.3) is 0 Å². The molecule has 10 aromatic carbocycles. The van der Waals surface area contributed by atoms with E-state index >= 15 is 0 Å². The van der Waals surface area contributed by atoms with Crippen LogP contribution in [0.15, 0.2) is 249 Å². The van der Waals surface area contributed by atoms with E-state index in [2.05, 4.69) is 304 Å². The third-order valence-corrected chi connectivity index (χ3v) is 20.7. The molecular weight excluding hydrogens is 1170 g/mol. The van der Waals surface area contributed by atoms with E-state index in [1.165, 1.54) is 178 Å². The maximum absolute atomic E-state index is 13.8. The van der Waals surface area contributed by atoms with Gasteiger partial charge in [0.05, 0.1) is 44.0 Å². The van der Waals surface area contributed by atoms with Gasteiger partial charge in [-0.25, -0.2) is 4.39 Å². The quantitative estimate of drug-likeness (QED) is 0.146. The first kappa shape index (κ1) is 60.1. The predicted octanol–water partition coefficient (Wildman–Crippen LogP) is 19.2. The largest absolute Gasteiger partial charge is 0.221 e. The molecule has 0 amide bonds. The molecule has 5 nitrogen and oxygen atoms in total. The van der Waals surface area contributed by atoms with Crippen LogP contribution in [0.3, 0.4) is 0 Å². The molecule has 96 heavy (non-hydrogen) atoms. The van der Waals surface area contributed by atoms with E-state index < -0.39 is 0 Å². The molecule has 6 heteroatoms. The van der Waals surface area contributed by atoms with E-state index in [-0.39, 0.29) is 5.82 Å². The summed E-state index contributed by atoms with van der Waals surface area (Å²) in [6.07, 6.45) is 4.50. The Hall–Kier alpha value is -10.8. The monoisotopic (exact) mass is 1250 g/mol. The Balaban J connectivity index is 0.0000000944. The lowest BCUT2D eigenvalue weighted by Crippen LogP contribution is -2.33. The first-order valence-electron chi connectivity index (χ1n) is 34.0. The second-order valence-corrected chi connectivity index (χ2v) is 27.5. The average Bonchev–Trinajstić information content (AvgIpc) is 1.61. The molecule has 466 valence electrons. The fourth-order valence-corrected chi connectivity index (χ4v) is 15.6. The number of hydrogen-bond donors (Lipinski definition) is 0. The van der Waals surface area contributed by atoms with Crippen LogP contribution in [-0.2, 0) is 32.7 Å². The number of pyridine rings is 5. The third-order valence-electron chi connectivity index (χ3n) is 20.7. The zero-order valence-corrected chi connectivity index (χ0v) is 56.4. The van der Waals surface area contributed by atoms with Crippen molar-refractivity contribution >= 4 is 54.3 Å². The molecule has 5 aliphatic rings. The zero-order valence-electron chi connectivity index (χ0n) is 56.4. The summed E-state index contributed by atoms with van der Waals surface area (Å²) in [5.41, 5.74) is 34.9. The lowest BCUT2D eigenvalue weighted by Gasteiger charge is -2.06. The summed E-state index contributed by atoms with van der Waals surface area (Å²) in [7, 11) is 0. The minimum absolute atomic E-state index is 0.153. The van der Waals surface area contributed by atoms with Gasteiger partial charge in [0.1, 0.15) is 5.82 Å². The summed E-state index contributed by atoms with van der Waals surface area (Å²) >= 11 is 0. The normalized spacial score (nSPS) is 12.6. The van der Waals surface area contributed by atoms with Gasteiger partial charge in [-0.1, -0.05) is 140 Å². The van der Waals surface area contributed by atoms with E-state index in [0.29, 0.717) is 11.3 Å². The van der Waals surface area contributed by atoms with Crippen molar-refractivity contribution in [3.8, 4) is 56.3 Å². The van der Waals surface area contributed by atoms with E-state index in [1.807, 2.05) is 18.2 Å². The number of rotatable bonds is 1. The van der Waals surface area contributed by atoms with Gasteiger partial charge in [-0.3, -0.25) is 0 Å². The van der Waals surface area contributed by atoms with Crippen LogP contribution in [0.4, 0.5) is 4.39 Å². The number of aromatic nitrogens is 5. The molecule has 0 saturated heterocycles. The molecule has 0 N–H and O–H groups in total. The molecule has 0 atom stereocenters. The highest BCUT2D eigenvalue weighted by atomic mass is 19.1. The van der Waals surface area contributed by atoms with Crippen LogP contribution < -0.4 is 22.8 Å². The summed E-state index contributed by atoms with van der Waals surface area (Å²) in [5, 5.41) is 8.78. The van der Waals surface area contributed by atoms with Crippen LogP contribution in [0.25, 0.3) is 111 Å². The molecule has 0 fully saturated rings. The number of halogens is 1. The van der Waals surface area contributed by atoms with E-state index in [4.69, 9.17) is 0 Å². The van der Waals surface area contributed by atoms with Crippen molar-refractivity contribution in [1.29, 1.82) is 0 Å². The van der Waals surface area contributed by atoms with Crippen molar-refractivity contribution in [1.82, 2.24) is 0 Å². The number of hydrogen-bond acceptors (Lipinski definition) is 0. The van der Waals surface area contributed by atoms with Crippen molar-refractivity contribution < 1.29 is 27.2 Å². The van der Waals surface area contributed by atoms with Crippen molar-refractivity contribution in [2.24, 2.45) is 0 Å². The van der Waals surface area contributed by atoms with Gasteiger partial charge in [0.15, 0.2) is 45.1 Å². The number of benzene rings is 10. The Kier molecular flexibility index (Phi) is 15.2. The molecule has 15 aromatic rings. The molecule has 0 unspecified atom stereocenters. The number of aryl methyl sites for hydroxylation is 7. The third kappa shape index (κ3) is 10.6. The fraction of sp³-hybridized carbons (Fsp3) is 0.167. The highest BCUT2D eigenvalue weighted by molar-refractivity contribution is 5.97. The van der Waals surface area contributed by atoms with Crippen LogP contribution >= 0.6 is 0 Å². The lowest BCUT2D eigenvalue weighted by molar-refractivity contribution is -0.671. The van der Waals surface area contributed by atoms with Gasteiger partial charge in [-0.2, -0.15) is 22.8 Å². The Bertz CT molecular complexity index is 5580. The van der Waals surface area contributed by atoms with Gasteiger partial charge >= 0.3 is 0 Å². The minimum atomic E-state index is -0.153. The van der Waals surface area contributed by atoms with Crippen LogP contribution in [0.2, 0.25) is 0 Å². The van der Waals surface area contributed by atoms with Gasteiger partial charge < -0.3 is 0 Å². The first-order valence-corrected chi connectivity index (χ1v) is 34.0. The number of para-hydroxylation sites is 1. The predicted molar refractivity (Wildman–Crippen MR) is 391 cm³/mol. The number of fused-ring (bicyclic) bond motifs is 25. The highest BCUT2D eigenvalue weighted by Crippen LogP contribution is 2.38. The maximum Gasteiger partial charge on any atom is 0.221 e. The summed E-state index contributed by atoms with van der Waals surface area (Å²) in [6.45, 7) is 24.5. The Labute approximate surface area is 562 Å². The lowest BCUT2D eigenvalue weighted by atomic mass is 9.96. The van der Waals surface area contributed by atoms with Gasteiger partial charge in [-0.05, 0) is 172 Å². The van der Waals surface area contributed by atoms with Gasteiger partial charge in [-0.15, -0.1) is 0 Å². The Morgan fingerprint density at radius 3 is 1.59 bits per heavy atom. The average molecular weight is 1250 g/mol. The molecule has 5 aromatic heterocycles. The van der Waals surface area contributed by atoms with E-state index in [1.54, 1.807) is 6.07 Å². The molecule has 0 radical (unpaired) electrons. The molecule has 5 aliphatic heterocycles. The zero-order chi connectivity index (χ0) is 65.6. The molecule has 0 spiro atoms. The molecule has 20 rings (SSSR count). The highest BCUT2D eigenvalue weighted by Gasteiger charge is 2.34. The molecule has 0 aliphatic carbocycles. The maximum atomic E-state index is 13.8. The van der Waals surface area contributed by atoms with E-state index in [9.17, 15) is 4.39 Å². The van der Waals surface area contributed by atoms with Crippen LogP contribution in [0.1, 0.15) is 92.1 Å². The summed E-state index contributed by atoms with van der Waals surface area (Å²) in [4.78, 5) is 0. The van der Waals surface area contributed by atoms with Gasteiger partial charge in [0, 0.05) is 86.6 Å². The molecule has 0 bridgehead atoms. The van der Waals surface area contributed by atoms with Crippen molar-refractivity contribution in [3.63, 3.8) is 0 Å². The van der Waals surface area contributed by atoms with Crippen LogP contribution in [0, 0.1) is 54.3 Å². The topological polar surface area (TPSA) is 19.4 Å². The second-order valence-electron chi connectivity index (χ2n) is 27.5. The smallest absolute Gasteiger partial charge is 0.206 e. The van der Waals surface area contributed by atoms with Crippen molar-refractivity contribution in [2.45, 2.75) is 101 Å². The Morgan fingerprint density at radius 2 is 0.844 bits per heavy atom. The molecule has 0 saturated carbocycles. The van der Waals surface area contributed by atoms with Crippen LogP contribution in [0.5, 0.6) is 0 Å². The van der Waals surface area contributed by atoms with E-state index in [0.717, 1.165) is 38.2 Å². The molecular formula is C90H79FN5+5. The van der Waals surface area contributed by atoms with Gasteiger partial charge in [0.2, 0.25) is 45.0 Å². The fourth-order valence-electron chi connectivity index (χ4n) is 15.6. The minimum Gasteiger partial charge on any atom is -0.206 e. The number of nitrogens with zero attached hydrogens (tertiary/aromatic N) is 5. The van der Waals surface area contributed by atoms with Crippen molar-refractivity contribution in [3.05, 3.63) is 327 Å². The summed E-state index contributed by atoms with van der Waals surface area (Å²) in [5.74, 6) is 0.433.